The summed E-state index contributed by atoms with van der Waals surface area (Å²) in [5.74, 6) is 2.35. The van der Waals surface area contributed by atoms with Crippen molar-refractivity contribution in [3.63, 3.8) is 0 Å². The summed E-state index contributed by atoms with van der Waals surface area (Å²) in [6.07, 6.45) is 5.72. The molecule has 15 heavy (non-hydrogen) atoms. The van der Waals surface area contributed by atoms with Crippen LogP contribution in [0.3, 0.4) is 0 Å². The van der Waals surface area contributed by atoms with Crippen molar-refractivity contribution in [1.29, 1.82) is 0 Å². The highest BCUT2D eigenvalue weighted by atomic mass is 32.2. The molecule has 0 saturated carbocycles. The third-order valence-electron chi connectivity index (χ3n) is 2.01. The van der Waals surface area contributed by atoms with E-state index in [0.717, 1.165) is 25.1 Å². The number of carbonyl (C=O) groups excluding carboxylic acids is 1. The third kappa shape index (κ3) is 3.70. The van der Waals surface area contributed by atoms with Gasteiger partial charge in [-0.05, 0) is 18.6 Å². The van der Waals surface area contributed by atoms with Crippen molar-refractivity contribution >= 4 is 17.5 Å². The van der Waals surface area contributed by atoms with E-state index in [1.54, 1.807) is 18.0 Å². The molecule has 0 bridgehead atoms. The Morgan fingerprint density at radius 1 is 1.47 bits per heavy atom. The molecule has 3 nitrogen and oxygen atoms in total. The fourth-order valence-corrected chi connectivity index (χ4v) is 2.10. The van der Waals surface area contributed by atoms with E-state index < -0.39 is 0 Å². The normalized spacial score (nSPS) is 10.5. The van der Waals surface area contributed by atoms with Gasteiger partial charge in [-0.15, -0.1) is 0 Å². The Morgan fingerprint density at radius 2 is 2.27 bits per heavy atom. The van der Waals surface area contributed by atoms with Crippen LogP contribution >= 0.6 is 11.8 Å². The van der Waals surface area contributed by atoms with E-state index in [-0.39, 0.29) is 5.78 Å². The third-order valence-corrected chi connectivity index (χ3v) is 3.17. The Balaban J connectivity index is 2.53. The lowest BCUT2D eigenvalue weighted by Gasteiger charge is -2.04. The molecule has 0 saturated heterocycles. The van der Waals surface area contributed by atoms with E-state index in [0.29, 0.717) is 11.6 Å². The zero-order valence-electron chi connectivity index (χ0n) is 9.40. The lowest BCUT2D eigenvalue weighted by atomic mass is 10.4. The molecule has 0 atom stereocenters. The van der Waals surface area contributed by atoms with Crippen LogP contribution < -0.4 is 0 Å². The molecule has 4 heteroatoms. The molecule has 0 unspecified atom stereocenters. The van der Waals surface area contributed by atoms with Gasteiger partial charge in [0.2, 0.25) is 5.78 Å². The van der Waals surface area contributed by atoms with Gasteiger partial charge in [-0.3, -0.25) is 4.79 Å². The van der Waals surface area contributed by atoms with Crippen LogP contribution in [0.25, 0.3) is 0 Å². The number of hydrogen-bond donors (Lipinski definition) is 0. The van der Waals surface area contributed by atoms with Gasteiger partial charge >= 0.3 is 0 Å². The first-order chi connectivity index (χ1) is 7.29. The van der Waals surface area contributed by atoms with Crippen LogP contribution in [0, 0.1) is 0 Å². The predicted molar refractivity (Wildman–Crippen MR) is 64.5 cm³/mol. The molecule has 1 aromatic heterocycles. The van der Waals surface area contributed by atoms with Crippen molar-refractivity contribution in [3.05, 3.63) is 18.2 Å². The van der Waals surface area contributed by atoms with Crippen molar-refractivity contribution in [2.75, 3.05) is 11.5 Å². The molecule has 0 aliphatic rings. The summed E-state index contributed by atoms with van der Waals surface area (Å²) in [6.45, 7) is 5.09. The van der Waals surface area contributed by atoms with Crippen LogP contribution in [0.1, 0.15) is 37.3 Å². The molecule has 84 valence electrons. The average Bonchev–Trinajstić information content (AvgIpc) is 2.67. The molecule has 0 amide bonds. The number of Topliss-reactive ketones (excluding diaryl/α,β-unsaturated/α-hetero) is 1. The first kappa shape index (κ1) is 12.3. The summed E-state index contributed by atoms with van der Waals surface area (Å²) < 4.78 is 1.94. The predicted octanol–water partition coefficient (Wildman–Crippen LogP) is 2.62. The van der Waals surface area contributed by atoms with Gasteiger partial charge < -0.3 is 4.57 Å². The fourth-order valence-electron chi connectivity index (χ4n) is 1.36. The quantitative estimate of drug-likeness (QED) is 0.529. The zero-order chi connectivity index (χ0) is 11.1. The molecular weight excluding hydrogens is 208 g/mol. The minimum Gasteiger partial charge on any atom is -0.329 e. The van der Waals surface area contributed by atoms with E-state index in [2.05, 4.69) is 18.8 Å². The van der Waals surface area contributed by atoms with E-state index in [9.17, 15) is 4.79 Å². The zero-order valence-corrected chi connectivity index (χ0v) is 10.2. The maximum Gasteiger partial charge on any atom is 0.208 e. The number of nitrogens with zero attached hydrogens (tertiary/aromatic N) is 2. The van der Waals surface area contributed by atoms with Gasteiger partial charge in [0.25, 0.3) is 0 Å². The van der Waals surface area contributed by atoms with Crippen LogP contribution in [0.2, 0.25) is 0 Å². The fraction of sp³-hybridized carbons (Fsp3) is 0.636. The van der Waals surface area contributed by atoms with Gasteiger partial charge in [0, 0.05) is 18.9 Å². The van der Waals surface area contributed by atoms with Crippen molar-refractivity contribution < 1.29 is 4.79 Å². The molecule has 0 N–H and O–H groups in total. The first-order valence-corrected chi connectivity index (χ1v) is 6.57. The van der Waals surface area contributed by atoms with Crippen molar-refractivity contribution in [1.82, 2.24) is 9.55 Å². The molecule has 0 aliphatic carbocycles. The Labute approximate surface area is 95.3 Å². The highest BCUT2D eigenvalue weighted by molar-refractivity contribution is 7.99. The van der Waals surface area contributed by atoms with Gasteiger partial charge in [0.15, 0.2) is 5.82 Å². The number of imidazole rings is 1. The molecule has 1 rings (SSSR count). The molecular formula is C11H18N2OS. The molecule has 0 radical (unpaired) electrons. The smallest absolute Gasteiger partial charge is 0.208 e. The summed E-state index contributed by atoms with van der Waals surface area (Å²) in [7, 11) is 0. The van der Waals surface area contributed by atoms with Crippen LogP contribution in [-0.4, -0.2) is 26.8 Å². The summed E-state index contributed by atoms with van der Waals surface area (Å²) in [4.78, 5) is 15.9. The molecule has 0 spiro atoms. The second-order valence-corrected chi connectivity index (χ2v) is 4.53. The lowest BCUT2D eigenvalue weighted by molar-refractivity contribution is 0.100. The molecule has 1 heterocycles. The Kier molecular flexibility index (Phi) is 5.47. The number of ketones is 1. The molecule has 0 aliphatic heterocycles. The second-order valence-electron chi connectivity index (χ2n) is 3.42. The highest BCUT2D eigenvalue weighted by Gasteiger charge is 2.11. The molecule has 1 aromatic rings. The summed E-state index contributed by atoms with van der Waals surface area (Å²) in [6, 6.07) is 0. The van der Waals surface area contributed by atoms with Gasteiger partial charge in [-0.2, -0.15) is 11.8 Å². The van der Waals surface area contributed by atoms with Crippen LogP contribution in [0.5, 0.6) is 0 Å². The summed E-state index contributed by atoms with van der Waals surface area (Å²) in [5, 5.41) is 0. The Bertz CT molecular complexity index is 309. The minimum absolute atomic E-state index is 0.145. The SMILES string of the molecule is CCCSCC(=O)c1nccn1CCC. The van der Waals surface area contributed by atoms with E-state index >= 15 is 0 Å². The summed E-state index contributed by atoms with van der Waals surface area (Å²) >= 11 is 1.68. The number of carbonyl (C=O) groups is 1. The van der Waals surface area contributed by atoms with Crippen LogP contribution in [-0.2, 0) is 6.54 Å². The maximum atomic E-state index is 11.8. The Hall–Kier alpha value is -0.770. The van der Waals surface area contributed by atoms with E-state index in [1.165, 1.54) is 0 Å². The van der Waals surface area contributed by atoms with Crippen molar-refractivity contribution in [2.45, 2.75) is 33.2 Å². The van der Waals surface area contributed by atoms with E-state index in [4.69, 9.17) is 0 Å². The second kappa shape index (κ2) is 6.67. The highest BCUT2D eigenvalue weighted by Crippen LogP contribution is 2.07. The lowest BCUT2D eigenvalue weighted by Crippen LogP contribution is -2.12. The Morgan fingerprint density at radius 3 is 2.93 bits per heavy atom. The number of aromatic nitrogens is 2. The number of thioether (sulfide) groups is 1. The van der Waals surface area contributed by atoms with E-state index in [1.807, 2.05) is 10.8 Å². The van der Waals surface area contributed by atoms with Crippen molar-refractivity contribution in [3.8, 4) is 0 Å². The number of hydrogen-bond acceptors (Lipinski definition) is 3. The molecule has 0 fully saturated rings. The number of rotatable bonds is 7. The van der Waals surface area contributed by atoms with Crippen LogP contribution in [0.15, 0.2) is 12.4 Å². The largest absolute Gasteiger partial charge is 0.329 e. The maximum absolute atomic E-state index is 11.8. The van der Waals surface area contributed by atoms with Crippen LogP contribution in [0.4, 0.5) is 0 Å². The first-order valence-electron chi connectivity index (χ1n) is 5.41. The topological polar surface area (TPSA) is 34.9 Å². The van der Waals surface area contributed by atoms with Gasteiger partial charge in [-0.1, -0.05) is 13.8 Å². The van der Waals surface area contributed by atoms with Gasteiger partial charge in [0.1, 0.15) is 0 Å². The number of aryl methyl sites for hydroxylation is 1. The monoisotopic (exact) mass is 226 g/mol. The van der Waals surface area contributed by atoms with Gasteiger partial charge in [-0.25, -0.2) is 4.98 Å². The van der Waals surface area contributed by atoms with Crippen molar-refractivity contribution in [2.24, 2.45) is 0 Å². The standard InChI is InChI=1S/C11H18N2OS/c1-3-6-13-7-5-12-11(13)10(14)9-15-8-4-2/h5,7H,3-4,6,8-9H2,1-2H3. The average molecular weight is 226 g/mol. The minimum atomic E-state index is 0.145. The van der Waals surface area contributed by atoms with Gasteiger partial charge in [0.05, 0.1) is 5.75 Å². The molecule has 0 aromatic carbocycles. The summed E-state index contributed by atoms with van der Waals surface area (Å²) in [5.41, 5.74) is 0.